The van der Waals surface area contributed by atoms with Crippen LogP contribution in [0.4, 0.5) is 0 Å². The summed E-state index contributed by atoms with van der Waals surface area (Å²) < 4.78 is 0. The van der Waals surface area contributed by atoms with Crippen LogP contribution in [-0.2, 0) is 30.4 Å². The molecule has 8 N–H and O–H groups in total. The summed E-state index contributed by atoms with van der Waals surface area (Å²) in [6, 6.07) is -2.92. The van der Waals surface area contributed by atoms with Crippen LogP contribution >= 0.6 is 0 Å². The highest BCUT2D eigenvalue weighted by molar-refractivity contribution is 5.93. The Hall–Kier alpha value is -3.48. The van der Waals surface area contributed by atoms with Crippen LogP contribution in [0.2, 0.25) is 0 Å². The molecule has 0 aliphatic carbocycles. The SMILES string of the molecule is NC(=O)CCC(NC(=O)CNC(=O)C1CCCN1C(=O)C(N)Cc1cnc[nH]1)C(=O)O. The van der Waals surface area contributed by atoms with Crippen molar-refractivity contribution in [1.29, 1.82) is 0 Å². The van der Waals surface area contributed by atoms with Crippen LogP contribution in [0.15, 0.2) is 12.5 Å². The summed E-state index contributed by atoms with van der Waals surface area (Å²) >= 11 is 0. The minimum atomic E-state index is -1.32. The summed E-state index contributed by atoms with van der Waals surface area (Å²) in [6.07, 6.45) is 3.95. The van der Waals surface area contributed by atoms with Crippen molar-refractivity contribution < 1.29 is 29.1 Å². The third-order valence-corrected chi connectivity index (χ3v) is 4.89. The van der Waals surface area contributed by atoms with Crippen molar-refractivity contribution in [1.82, 2.24) is 25.5 Å². The summed E-state index contributed by atoms with van der Waals surface area (Å²) in [7, 11) is 0. The van der Waals surface area contributed by atoms with Crippen molar-refractivity contribution in [2.45, 2.75) is 50.2 Å². The molecule has 170 valence electrons. The zero-order valence-electron chi connectivity index (χ0n) is 16.9. The largest absolute Gasteiger partial charge is 0.480 e. The van der Waals surface area contributed by atoms with Crippen molar-refractivity contribution in [3.05, 3.63) is 18.2 Å². The zero-order chi connectivity index (χ0) is 23.0. The lowest BCUT2D eigenvalue weighted by atomic mass is 10.1. The molecule has 0 saturated carbocycles. The van der Waals surface area contributed by atoms with Crippen LogP contribution in [0.5, 0.6) is 0 Å². The van der Waals surface area contributed by atoms with Gasteiger partial charge < -0.3 is 37.1 Å². The fourth-order valence-electron chi connectivity index (χ4n) is 3.31. The van der Waals surface area contributed by atoms with Crippen LogP contribution < -0.4 is 22.1 Å². The molecule has 4 amide bonds. The molecule has 2 heterocycles. The summed E-state index contributed by atoms with van der Waals surface area (Å²) in [6.45, 7) is -0.105. The molecule has 0 bridgehead atoms. The van der Waals surface area contributed by atoms with E-state index in [1.54, 1.807) is 6.20 Å². The maximum Gasteiger partial charge on any atom is 0.326 e. The molecular formula is C18H27N7O6. The van der Waals surface area contributed by atoms with Crippen molar-refractivity contribution >= 4 is 29.6 Å². The second-order valence-electron chi connectivity index (χ2n) is 7.26. The lowest BCUT2D eigenvalue weighted by Crippen LogP contribution is -2.53. The van der Waals surface area contributed by atoms with Gasteiger partial charge in [-0.1, -0.05) is 0 Å². The first-order valence-electron chi connectivity index (χ1n) is 9.80. The van der Waals surface area contributed by atoms with E-state index in [1.807, 2.05) is 0 Å². The zero-order valence-corrected chi connectivity index (χ0v) is 16.9. The maximum atomic E-state index is 12.7. The number of nitrogens with two attached hydrogens (primary N) is 2. The maximum absolute atomic E-state index is 12.7. The van der Waals surface area contributed by atoms with Crippen LogP contribution in [-0.4, -0.2) is 80.8 Å². The quantitative estimate of drug-likeness (QED) is 0.212. The van der Waals surface area contributed by atoms with Crippen LogP contribution in [0.25, 0.3) is 0 Å². The molecule has 0 radical (unpaired) electrons. The van der Waals surface area contributed by atoms with Crippen molar-refractivity contribution in [2.75, 3.05) is 13.1 Å². The molecule has 3 unspecified atom stereocenters. The number of hydrogen-bond acceptors (Lipinski definition) is 7. The second-order valence-corrected chi connectivity index (χ2v) is 7.26. The Morgan fingerprint density at radius 3 is 2.68 bits per heavy atom. The van der Waals surface area contributed by atoms with Crippen LogP contribution in [0, 0.1) is 0 Å². The number of rotatable bonds is 11. The molecule has 1 aromatic heterocycles. The third kappa shape index (κ3) is 7.06. The van der Waals surface area contributed by atoms with Gasteiger partial charge in [0.1, 0.15) is 12.1 Å². The number of carboxylic acid groups (broad SMARTS) is 1. The number of carboxylic acids is 1. The predicted molar refractivity (Wildman–Crippen MR) is 106 cm³/mol. The number of imidazole rings is 1. The van der Waals surface area contributed by atoms with E-state index in [9.17, 15) is 24.0 Å². The summed E-state index contributed by atoms with van der Waals surface area (Å²) in [5, 5.41) is 13.7. The van der Waals surface area contributed by atoms with E-state index in [-0.39, 0.29) is 25.2 Å². The molecular weight excluding hydrogens is 410 g/mol. The van der Waals surface area contributed by atoms with Gasteiger partial charge in [-0.3, -0.25) is 19.2 Å². The molecule has 0 aromatic carbocycles. The Morgan fingerprint density at radius 1 is 1.32 bits per heavy atom. The van der Waals surface area contributed by atoms with Gasteiger partial charge in [-0.2, -0.15) is 0 Å². The molecule has 1 saturated heterocycles. The fraction of sp³-hybridized carbons (Fsp3) is 0.556. The Morgan fingerprint density at radius 2 is 2.06 bits per heavy atom. The highest BCUT2D eigenvalue weighted by Crippen LogP contribution is 2.19. The number of primary amides is 1. The number of hydrogen-bond donors (Lipinski definition) is 6. The van der Waals surface area contributed by atoms with E-state index >= 15 is 0 Å². The summed E-state index contributed by atoms with van der Waals surface area (Å²) in [4.78, 5) is 67.3. The van der Waals surface area contributed by atoms with Gasteiger partial charge in [-0.15, -0.1) is 0 Å². The molecule has 1 aliphatic heterocycles. The van der Waals surface area contributed by atoms with Crippen molar-refractivity contribution in [3.8, 4) is 0 Å². The van der Waals surface area contributed by atoms with E-state index < -0.39 is 48.4 Å². The molecule has 1 fully saturated rings. The normalized spacial score (nSPS) is 17.6. The molecule has 31 heavy (non-hydrogen) atoms. The Bertz CT molecular complexity index is 812. The van der Waals surface area contributed by atoms with E-state index in [4.69, 9.17) is 16.6 Å². The molecule has 1 aromatic rings. The van der Waals surface area contributed by atoms with Gasteiger partial charge in [0.05, 0.1) is 18.9 Å². The second kappa shape index (κ2) is 11.1. The van der Waals surface area contributed by atoms with Gasteiger partial charge in [0.25, 0.3) is 0 Å². The predicted octanol–water partition coefficient (Wildman–Crippen LogP) is -2.78. The average Bonchev–Trinajstić information content (AvgIpc) is 3.40. The monoisotopic (exact) mass is 437 g/mol. The van der Waals surface area contributed by atoms with E-state index in [1.165, 1.54) is 11.2 Å². The molecule has 3 atom stereocenters. The molecule has 1 aliphatic rings. The van der Waals surface area contributed by atoms with E-state index in [0.717, 1.165) is 0 Å². The minimum absolute atomic E-state index is 0.163. The minimum Gasteiger partial charge on any atom is -0.480 e. The van der Waals surface area contributed by atoms with Gasteiger partial charge in [0.2, 0.25) is 23.6 Å². The number of amides is 4. The van der Waals surface area contributed by atoms with Gasteiger partial charge in [0.15, 0.2) is 0 Å². The Balaban J connectivity index is 1.85. The number of aromatic nitrogens is 2. The third-order valence-electron chi connectivity index (χ3n) is 4.89. The first kappa shape index (κ1) is 23.8. The topological polar surface area (TPSA) is 214 Å². The first-order valence-corrected chi connectivity index (χ1v) is 9.80. The van der Waals surface area contributed by atoms with Crippen LogP contribution in [0.3, 0.4) is 0 Å². The van der Waals surface area contributed by atoms with Crippen LogP contribution in [0.1, 0.15) is 31.4 Å². The number of likely N-dealkylation sites (tertiary alicyclic amines) is 1. The van der Waals surface area contributed by atoms with E-state index in [0.29, 0.717) is 25.1 Å². The van der Waals surface area contributed by atoms with Gasteiger partial charge >= 0.3 is 5.97 Å². The molecule has 2 rings (SSSR count). The number of carbonyl (C=O) groups excluding carboxylic acids is 4. The van der Waals surface area contributed by atoms with Gasteiger partial charge in [0, 0.05) is 31.3 Å². The number of aromatic amines is 1. The lowest BCUT2D eigenvalue weighted by molar-refractivity contribution is -0.142. The highest BCUT2D eigenvalue weighted by atomic mass is 16.4. The summed E-state index contributed by atoms with van der Waals surface area (Å²) in [5.41, 5.74) is 11.7. The van der Waals surface area contributed by atoms with Crippen molar-refractivity contribution in [2.24, 2.45) is 11.5 Å². The molecule has 13 nitrogen and oxygen atoms in total. The number of nitrogens with zero attached hydrogens (tertiary/aromatic N) is 2. The summed E-state index contributed by atoms with van der Waals surface area (Å²) in [5.74, 6) is -3.66. The number of aliphatic carboxylic acids is 1. The fourth-order valence-corrected chi connectivity index (χ4v) is 3.31. The first-order chi connectivity index (χ1) is 14.7. The van der Waals surface area contributed by atoms with E-state index in [2.05, 4.69) is 20.6 Å². The Kier molecular flexibility index (Phi) is 8.49. The smallest absolute Gasteiger partial charge is 0.326 e. The Labute approximate surface area is 177 Å². The standard InChI is InChI=1S/C18H27N7O6/c19-11(6-10-7-21-9-23-10)17(29)25-5-1-2-13(25)16(28)22-8-15(27)24-12(18(30)31)3-4-14(20)26/h7,9,11-13H,1-6,8,19H2,(H2,20,26)(H,21,23)(H,22,28)(H,24,27)(H,30,31). The number of nitrogens with one attached hydrogen (secondary N) is 3. The lowest BCUT2D eigenvalue weighted by Gasteiger charge is -2.26. The average molecular weight is 437 g/mol. The highest BCUT2D eigenvalue weighted by Gasteiger charge is 2.36. The van der Waals surface area contributed by atoms with Gasteiger partial charge in [-0.05, 0) is 19.3 Å². The molecule has 0 spiro atoms. The van der Waals surface area contributed by atoms with Gasteiger partial charge in [-0.25, -0.2) is 9.78 Å². The number of H-pyrrole nitrogens is 1. The molecule has 13 heteroatoms. The number of carbonyl (C=O) groups is 5. The van der Waals surface area contributed by atoms with Crippen molar-refractivity contribution in [3.63, 3.8) is 0 Å².